The summed E-state index contributed by atoms with van der Waals surface area (Å²) in [6.07, 6.45) is 3.39. The Morgan fingerprint density at radius 2 is 2.04 bits per heavy atom. The Kier molecular flexibility index (Phi) is 4.96. The monoisotopic (exact) mass is 380 g/mol. The Labute approximate surface area is 153 Å². The van der Waals surface area contributed by atoms with Crippen LogP contribution >= 0.6 is 0 Å². The van der Waals surface area contributed by atoms with Crippen molar-refractivity contribution in [2.24, 2.45) is 11.3 Å². The fourth-order valence-electron chi connectivity index (χ4n) is 4.24. The van der Waals surface area contributed by atoms with Crippen LogP contribution in [0.3, 0.4) is 0 Å². The number of likely N-dealkylation sites (tertiary alicyclic amines) is 1. The van der Waals surface area contributed by atoms with Gasteiger partial charge in [0.1, 0.15) is 9.84 Å². The highest BCUT2D eigenvalue weighted by molar-refractivity contribution is 7.90. The minimum absolute atomic E-state index is 0.0316. The number of fused-ring (bicyclic) bond motifs is 1. The summed E-state index contributed by atoms with van der Waals surface area (Å²) in [4.78, 5) is 26.0. The predicted octanol–water partition coefficient (Wildman–Crippen LogP) is 1.67. The number of sulfone groups is 1. The average molecular weight is 380 g/mol. The zero-order valence-electron chi connectivity index (χ0n) is 14.7. The molecule has 1 heterocycles. The van der Waals surface area contributed by atoms with Gasteiger partial charge in [-0.25, -0.2) is 13.2 Å². The van der Waals surface area contributed by atoms with Gasteiger partial charge < -0.3 is 15.3 Å². The normalized spacial score (nSPS) is 26.3. The fraction of sp³-hybridized carbons (Fsp3) is 0.556. The lowest BCUT2D eigenvalue weighted by atomic mass is 9.81. The highest BCUT2D eigenvalue weighted by Crippen LogP contribution is 2.48. The molecule has 3 rings (SSSR count). The molecule has 1 saturated carbocycles. The molecule has 0 aromatic heterocycles. The maximum Gasteiger partial charge on any atom is 0.317 e. The molecule has 3 atom stereocenters. The first-order valence-electron chi connectivity index (χ1n) is 8.73. The van der Waals surface area contributed by atoms with Crippen LogP contribution in [-0.2, 0) is 14.6 Å². The zero-order valence-corrected chi connectivity index (χ0v) is 15.5. The van der Waals surface area contributed by atoms with Crippen LogP contribution < -0.4 is 5.32 Å². The number of carbonyl (C=O) groups is 2. The molecule has 8 heteroatoms. The largest absolute Gasteiger partial charge is 0.481 e. The summed E-state index contributed by atoms with van der Waals surface area (Å²) < 4.78 is 23.6. The van der Waals surface area contributed by atoms with E-state index in [9.17, 15) is 23.1 Å². The molecular formula is C18H24N2O5S. The molecule has 7 nitrogen and oxygen atoms in total. The zero-order chi connectivity index (χ0) is 18.9. The molecule has 142 valence electrons. The van der Waals surface area contributed by atoms with Gasteiger partial charge in [0.2, 0.25) is 0 Å². The third-order valence-corrected chi connectivity index (χ3v) is 6.49. The second kappa shape index (κ2) is 6.90. The minimum Gasteiger partial charge on any atom is -0.481 e. The van der Waals surface area contributed by atoms with Crippen LogP contribution in [-0.4, -0.2) is 55.5 Å². The Balaban J connectivity index is 1.76. The summed E-state index contributed by atoms with van der Waals surface area (Å²) in [5.74, 6) is -1.08. The molecule has 0 bridgehead atoms. The van der Waals surface area contributed by atoms with E-state index < -0.39 is 33.3 Å². The van der Waals surface area contributed by atoms with E-state index in [2.05, 4.69) is 5.32 Å². The predicted molar refractivity (Wildman–Crippen MR) is 96.4 cm³/mol. The number of nitrogens with zero attached hydrogens (tertiary/aromatic N) is 1. The van der Waals surface area contributed by atoms with Gasteiger partial charge in [-0.05, 0) is 24.3 Å². The van der Waals surface area contributed by atoms with Crippen molar-refractivity contribution in [3.05, 3.63) is 35.9 Å². The fourth-order valence-corrected chi connectivity index (χ4v) is 5.12. The van der Waals surface area contributed by atoms with E-state index in [-0.39, 0.29) is 18.2 Å². The quantitative estimate of drug-likeness (QED) is 0.809. The number of nitrogens with one attached hydrogen (secondary N) is 1. The van der Waals surface area contributed by atoms with Crippen molar-refractivity contribution in [3.63, 3.8) is 0 Å². The highest BCUT2D eigenvalue weighted by Gasteiger charge is 2.55. The molecule has 2 N–H and O–H groups in total. The number of amides is 2. The van der Waals surface area contributed by atoms with E-state index in [1.54, 1.807) is 24.3 Å². The lowest BCUT2D eigenvalue weighted by Gasteiger charge is -2.25. The lowest BCUT2D eigenvalue weighted by molar-refractivity contribution is -0.149. The standard InChI is InChI=1S/C18H24N2O5S/c1-26(24,25)11-15(13-6-3-2-4-7-13)19-17(23)20-10-14-8-5-9-18(14,12-20)16(21)22/h2-4,6-7,14-15H,5,8-12H2,1H3,(H,19,23)(H,21,22)/t14-,15?,18+/m0/s1. The van der Waals surface area contributed by atoms with Crippen LogP contribution in [0.4, 0.5) is 4.79 Å². The van der Waals surface area contributed by atoms with E-state index >= 15 is 0 Å². The van der Waals surface area contributed by atoms with Crippen LogP contribution in [0.25, 0.3) is 0 Å². The summed E-state index contributed by atoms with van der Waals surface area (Å²) in [6.45, 7) is 0.581. The number of urea groups is 1. The van der Waals surface area contributed by atoms with E-state index in [1.165, 1.54) is 4.90 Å². The number of carboxylic acid groups (broad SMARTS) is 1. The van der Waals surface area contributed by atoms with Crippen molar-refractivity contribution in [2.75, 3.05) is 25.1 Å². The van der Waals surface area contributed by atoms with Gasteiger partial charge in [-0.2, -0.15) is 0 Å². The van der Waals surface area contributed by atoms with Gasteiger partial charge in [0.05, 0.1) is 17.2 Å². The molecule has 2 amide bonds. The number of hydrogen-bond donors (Lipinski definition) is 2. The Hall–Kier alpha value is -2.09. The summed E-state index contributed by atoms with van der Waals surface area (Å²) in [7, 11) is -3.31. The van der Waals surface area contributed by atoms with Crippen LogP contribution in [0.1, 0.15) is 30.9 Å². The molecule has 1 saturated heterocycles. The summed E-state index contributed by atoms with van der Waals surface area (Å²) in [5.41, 5.74) is -0.144. The minimum atomic E-state index is -3.31. The second-order valence-electron chi connectivity index (χ2n) is 7.44. The van der Waals surface area contributed by atoms with Crippen LogP contribution in [0.2, 0.25) is 0 Å². The van der Waals surface area contributed by atoms with Crippen LogP contribution in [0.5, 0.6) is 0 Å². The maximum atomic E-state index is 12.7. The van der Waals surface area contributed by atoms with Crippen molar-refractivity contribution in [3.8, 4) is 0 Å². The first-order valence-corrected chi connectivity index (χ1v) is 10.8. The average Bonchev–Trinajstić information content (AvgIpc) is 3.12. The van der Waals surface area contributed by atoms with Crippen molar-refractivity contribution in [1.82, 2.24) is 10.2 Å². The van der Waals surface area contributed by atoms with Gasteiger partial charge >= 0.3 is 12.0 Å². The van der Waals surface area contributed by atoms with E-state index in [0.717, 1.165) is 19.1 Å². The second-order valence-corrected chi connectivity index (χ2v) is 9.62. The van der Waals surface area contributed by atoms with Crippen LogP contribution in [0, 0.1) is 11.3 Å². The van der Waals surface area contributed by atoms with Crippen molar-refractivity contribution in [1.29, 1.82) is 0 Å². The number of aliphatic carboxylic acids is 1. The van der Waals surface area contributed by atoms with Gasteiger partial charge in [0.25, 0.3) is 0 Å². The number of benzene rings is 1. The van der Waals surface area contributed by atoms with Gasteiger partial charge in [0, 0.05) is 19.3 Å². The van der Waals surface area contributed by atoms with Gasteiger partial charge in [-0.15, -0.1) is 0 Å². The Bertz CT molecular complexity index is 795. The van der Waals surface area contributed by atoms with E-state index in [0.29, 0.717) is 18.5 Å². The van der Waals surface area contributed by atoms with Gasteiger partial charge in [-0.1, -0.05) is 36.8 Å². The maximum absolute atomic E-state index is 12.7. The SMILES string of the molecule is CS(=O)(=O)CC(NC(=O)N1C[C@@H]2CCC[C@@]2(C(=O)O)C1)c1ccccc1. The summed E-state index contributed by atoms with van der Waals surface area (Å²) in [6, 6.07) is 7.87. The molecular weight excluding hydrogens is 356 g/mol. The number of hydrogen-bond acceptors (Lipinski definition) is 4. The molecule has 0 spiro atoms. The molecule has 1 aromatic rings. The summed E-state index contributed by atoms with van der Waals surface area (Å²) in [5, 5.41) is 12.4. The van der Waals surface area contributed by atoms with Crippen molar-refractivity contribution in [2.45, 2.75) is 25.3 Å². The lowest BCUT2D eigenvalue weighted by Crippen LogP contribution is -2.44. The first kappa shape index (κ1) is 18.7. The molecule has 1 aromatic carbocycles. The van der Waals surface area contributed by atoms with E-state index in [4.69, 9.17) is 0 Å². The van der Waals surface area contributed by atoms with Crippen molar-refractivity contribution < 1.29 is 23.1 Å². The van der Waals surface area contributed by atoms with Gasteiger partial charge in [0.15, 0.2) is 0 Å². The number of carbonyl (C=O) groups excluding carboxylic acids is 1. The Morgan fingerprint density at radius 1 is 1.35 bits per heavy atom. The molecule has 0 radical (unpaired) electrons. The third-order valence-electron chi connectivity index (χ3n) is 5.55. The Morgan fingerprint density at radius 3 is 2.62 bits per heavy atom. The van der Waals surface area contributed by atoms with E-state index in [1.807, 2.05) is 6.07 Å². The topological polar surface area (TPSA) is 104 Å². The molecule has 1 aliphatic carbocycles. The van der Waals surface area contributed by atoms with Crippen molar-refractivity contribution >= 4 is 21.8 Å². The number of carboxylic acids is 1. The molecule has 2 aliphatic rings. The van der Waals surface area contributed by atoms with Crippen LogP contribution in [0.15, 0.2) is 30.3 Å². The molecule has 26 heavy (non-hydrogen) atoms. The molecule has 1 unspecified atom stereocenters. The molecule has 2 fully saturated rings. The molecule has 1 aliphatic heterocycles. The van der Waals surface area contributed by atoms with Gasteiger partial charge in [-0.3, -0.25) is 4.79 Å². The number of rotatable bonds is 5. The first-order chi connectivity index (χ1) is 12.2. The highest BCUT2D eigenvalue weighted by atomic mass is 32.2. The smallest absolute Gasteiger partial charge is 0.317 e. The summed E-state index contributed by atoms with van der Waals surface area (Å²) >= 11 is 0. The third kappa shape index (κ3) is 3.70.